The summed E-state index contributed by atoms with van der Waals surface area (Å²) in [6.45, 7) is 4.02. The van der Waals surface area contributed by atoms with Gasteiger partial charge in [0.15, 0.2) is 5.17 Å². The summed E-state index contributed by atoms with van der Waals surface area (Å²) in [7, 11) is 1.77. The van der Waals surface area contributed by atoms with Gasteiger partial charge in [-0.3, -0.25) is 14.8 Å². The first-order valence-corrected chi connectivity index (χ1v) is 6.89. The van der Waals surface area contributed by atoms with Crippen LogP contribution in [0.3, 0.4) is 0 Å². The van der Waals surface area contributed by atoms with E-state index in [9.17, 15) is 4.79 Å². The van der Waals surface area contributed by atoms with Crippen LogP contribution in [0.2, 0.25) is 0 Å². The standard InChI is InChI=1S/C13H17N3OS/c1-10(2)14-12-15(3)13(17)16(9-18-12)11-7-5-4-6-8-11/h4-8,10H,9H2,1-3H3/b14-12-. The highest BCUT2D eigenvalue weighted by atomic mass is 32.2. The number of urea groups is 1. The van der Waals surface area contributed by atoms with Gasteiger partial charge in [0.2, 0.25) is 0 Å². The second-order valence-electron chi connectivity index (χ2n) is 4.38. The van der Waals surface area contributed by atoms with E-state index in [2.05, 4.69) is 4.99 Å². The van der Waals surface area contributed by atoms with Crippen molar-refractivity contribution in [2.45, 2.75) is 19.9 Å². The minimum absolute atomic E-state index is 0.0284. The third-order valence-corrected chi connectivity index (χ3v) is 3.59. The Bertz CT molecular complexity index is 459. The molecule has 4 nitrogen and oxygen atoms in total. The molecule has 1 aliphatic heterocycles. The fourth-order valence-corrected chi connectivity index (χ4v) is 2.74. The average Bonchev–Trinajstić information content (AvgIpc) is 2.36. The van der Waals surface area contributed by atoms with Crippen molar-refractivity contribution in [1.82, 2.24) is 4.90 Å². The molecule has 5 heteroatoms. The molecule has 18 heavy (non-hydrogen) atoms. The van der Waals surface area contributed by atoms with E-state index in [0.29, 0.717) is 5.88 Å². The molecule has 0 bridgehead atoms. The molecule has 0 unspecified atom stereocenters. The summed E-state index contributed by atoms with van der Waals surface area (Å²) < 4.78 is 0. The third kappa shape index (κ3) is 2.67. The van der Waals surface area contributed by atoms with E-state index in [-0.39, 0.29) is 12.1 Å². The van der Waals surface area contributed by atoms with Gasteiger partial charge in [-0.25, -0.2) is 4.79 Å². The Labute approximate surface area is 112 Å². The summed E-state index contributed by atoms with van der Waals surface area (Å²) in [4.78, 5) is 20.1. The normalized spacial score (nSPS) is 18.9. The molecule has 1 fully saturated rings. The maximum absolute atomic E-state index is 12.3. The summed E-state index contributed by atoms with van der Waals surface area (Å²) in [5.74, 6) is 0.610. The van der Waals surface area contributed by atoms with Crippen LogP contribution in [-0.2, 0) is 0 Å². The molecule has 2 amide bonds. The lowest BCUT2D eigenvalue weighted by atomic mass is 10.3. The zero-order valence-corrected chi connectivity index (χ0v) is 11.6. The van der Waals surface area contributed by atoms with Crippen LogP contribution in [0, 0.1) is 0 Å². The highest BCUT2D eigenvalue weighted by molar-refractivity contribution is 8.14. The van der Waals surface area contributed by atoms with E-state index in [1.807, 2.05) is 44.2 Å². The Balaban J connectivity index is 2.19. The number of para-hydroxylation sites is 1. The number of rotatable bonds is 2. The summed E-state index contributed by atoms with van der Waals surface area (Å²) in [5, 5.41) is 0.794. The van der Waals surface area contributed by atoms with Crippen molar-refractivity contribution >= 4 is 28.6 Å². The molecular weight excluding hydrogens is 246 g/mol. The van der Waals surface area contributed by atoms with E-state index < -0.39 is 0 Å². The Hall–Kier alpha value is -1.49. The predicted molar refractivity (Wildman–Crippen MR) is 77.1 cm³/mol. The number of thioether (sulfide) groups is 1. The summed E-state index contributed by atoms with van der Waals surface area (Å²) >= 11 is 1.59. The second kappa shape index (κ2) is 5.44. The highest BCUT2D eigenvalue weighted by Crippen LogP contribution is 2.25. The quantitative estimate of drug-likeness (QED) is 0.822. The minimum Gasteiger partial charge on any atom is -0.284 e. The van der Waals surface area contributed by atoms with Crippen LogP contribution in [0.15, 0.2) is 35.3 Å². The van der Waals surface area contributed by atoms with Gasteiger partial charge in [0.25, 0.3) is 0 Å². The summed E-state index contributed by atoms with van der Waals surface area (Å²) in [6.07, 6.45) is 0. The monoisotopic (exact) mass is 263 g/mol. The number of hydrogen-bond donors (Lipinski definition) is 0. The molecule has 0 saturated carbocycles. The van der Waals surface area contributed by atoms with Crippen molar-refractivity contribution in [2.24, 2.45) is 4.99 Å². The molecule has 0 spiro atoms. The molecule has 0 aromatic heterocycles. The molecule has 0 atom stereocenters. The molecule has 1 heterocycles. The van der Waals surface area contributed by atoms with E-state index >= 15 is 0 Å². The SMILES string of the molecule is CC(C)/N=C1\SCN(c2ccccc2)C(=O)N1C. The molecule has 0 aliphatic carbocycles. The number of benzene rings is 1. The van der Waals surface area contributed by atoms with Crippen LogP contribution < -0.4 is 4.90 Å². The zero-order valence-electron chi connectivity index (χ0n) is 10.8. The molecule has 1 aromatic carbocycles. The summed E-state index contributed by atoms with van der Waals surface area (Å²) in [6, 6.07) is 9.87. The number of amides is 2. The van der Waals surface area contributed by atoms with Crippen LogP contribution in [0.5, 0.6) is 0 Å². The number of carbonyl (C=O) groups is 1. The summed E-state index contributed by atoms with van der Waals surface area (Å²) in [5.41, 5.74) is 0.922. The lowest BCUT2D eigenvalue weighted by Crippen LogP contribution is -2.48. The van der Waals surface area contributed by atoms with E-state index in [4.69, 9.17) is 0 Å². The van der Waals surface area contributed by atoms with Gasteiger partial charge < -0.3 is 0 Å². The molecule has 1 saturated heterocycles. The van der Waals surface area contributed by atoms with Crippen molar-refractivity contribution in [2.75, 3.05) is 17.8 Å². The number of nitrogens with zero attached hydrogens (tertiary/aromatic N) is 3. The van der Waals surface area contributed by atoms with Gasteiger partial charge in [0, 0.05) is 18.8 Å². The molecular formula is C13H17N3OS. The molecule has 1 aliphatic rings. The van der Waals surface area contributed by atoms with Crippen LogP contribution in [0.25, 0.3) is 0 Å². The minimum atomic E-state index is -0.0284. The second-order valence-corrected chi connectivity index (χ2v) is 5.30. The predicted octanol–water partition coefficient (Wildman–Crippen LogP) is 3.01. The van der Waals surface area contributed by atoms with Gasteiger partial charge >= 0.3 is 6.03 Å². The van der Waals surface area contributed by atoms with Crippen molar-refractivity contribution in [1.29, 1.82) is 0 Å². The van der Waals surface area contributed by atoms with Crippen LogP contribution in [0.1, 0.15) is 13.8 Å². The van der Waals surface area contributed by atoms with Gasteiger partial charge in [-0.15, -0.1) is 0 Å². The fourth-order valence-electron chi connectivity index (χ4n) is 1.67. The highest BCUT2D eigenvalue weighted by Gasteiger charge is 2.29. The van der Waals surface area contributed by atoms with Crippen molar-refractivity contribution < 1.29 is 4.79 Å². The van der Waals surface area contributed by atoms with E-state index in [0.717, 1.165) is 10.9 Å². The van der Waals surface area contributed by atoms with Crippen molar-refractivity contribution in [3.8, 4) is 0 Å². The maximum Gasteiger partial charge on any atom is 0.331 e. The molecule has 96 valence electrons. The third-order valence-electron chi connectivity index (χ3n) is 2.56. The smallest absolute Gasteiger partial charge is 0.284 e. The van der Waals surface area contributed by atoms with Gasteiger partial charge in [-0.2, -0.15) is 0 Å². The van der Waals surface area contributed by atoms with Crippen molar-refractivity contribution in [3.05, 3.63) is 30.3 Å². The van der Waals surface area contributed by atoms with Crippen LogP contribution in [0.4, 0.5) is 10.5 Å². The molecule has 1 aromatic rings. The number of amidine groups is 1. The Kier molecular flexibility index (Phi) is 3.91. The Morgan fingerprint density at radius 1 is 1.28 bits per heavy atom. The molecule has 0 N–H and O–H groups in total. The topological polar surface area (TPSA) is 35.9 Å². The Morgan fingerprint density at radius 3 is 2.56 bits per heavy atom. The van der Waals surface area contributed by atoms with Crippen molar-refractivity contribution in [3.63, 3.8) is 0 Å². The van der Waals surface area contributed by atoms with E-state index in [1.165, 1.54) is 0 Å². The van der Waals surface area contributed by atoms with Gasteiger partial charge in [0.05, 0.1) is 5.88 Å². The average molecular weight is 263 g/mol. The lowest BCUT2D eigenvalue weighted by Gasteiger charge is -2.33. The van der Waals surface area contributed by atoms with Gasteiger partial charge in [-0.1, -0.05) is 30.0 Å². The van der Waals surface area contributed by atoms with Crippen LogP contribution >= 0.6 is 11.8 Å². The largest absolute Gasteiger partial charge is 0.331 e. The lowest BCUT2D eigenvalue weighted by molar-refractivity contribution is 0.233. The van der Waals surface area contributed by atoms with Crippen LogP contribution in [-0.4, -0.2) is 35.1 Å². The van der Waals surface area contributed by atoms with E-state index in [1.54, 1.807) is 28.6 Å². The van der Waals surface area contributed by atoms with Gasteiger partial charge in [0.1, 0.15) is 0 Å². The first-order chi connectivity index (χ1) is 8.59. The zero-order chi connectivity index (χ0) is 13.1. The Morgan fingerprint density at radius 2 is 1.94 bits per heavy atom. The molecule has 0 radical (unpaired) electrons. The number of hydrogen-bond acceptors (Lipinski definition) is 3. The first kappa shape index (κ1) is 13.0. The number of anilines is 1. The molecule has 2 rings (SSSR count). The number of carbonyl (C=O) groups excluding carboxylic acids is 1. The maximum atomic E-state index is 12.3. The van der Waals surface area contributed by atoms with Gasteiger partial charge in [-0.05, 0) is 26.0 Å². The fraction of sp³-hybridized carbons (Fsp3) is 0.385. The number of aliphatic imine (C=N–C) groups is 1. The first-order valence-electron chi connectivity index (χ1n) is 5.90.